The number of anilines is 1. The van der Waals surface area contributed by atoms with Crippen LogP contribution in [0, 0.1) is 5.82 Å². The fraction of sp³-hybridized carbons (Fsp3) is 0.625. The molecule has 2 bridgehead atoms. The molecule has 0 radical (unpaired) electrons. The normalized spacial score (nSPS) is 25.2. The van der Waals surface area contributed by atoms with E-state index >= 15 is 0 Å². The monoisotopic (exact) mass is 278 g/mol. The fourth-order valence-electron chi connectivity index (χ4n) is 3.22. The van der Waals surface area contributed by atoms with E-state index in [4.69, 9.17) is 4.74 Å². The van der Waals surface area contributed by atoms with Gasteiger partial charge in [-0.25, -0.2) is 4.39 Å². The van der Waals surface area contributed by atoms with Gasteiger partial charge in [0.25, 0.3) is 0 Å². The minimum atomic E-state index is -0.107. The van der Waals surface area contributed by atoms with E-state index in [2.05, 4.69) is 17.1 Å². The van der Waals surface area contributed by atoms with E-state index in [-0.39, 0.29) is 5.82 Å². The number of halogens is 1. The summed E-state index contributed by atoms with van der Waals surface area (Å²) in [5.41, 5.74) is 1.83. The average molecular weight is 278 g/mol. The average Bonchev–Trinajstić information content (AvgIpc) is 2.79. The number of fused-ring (bicyclic) bond motifs is 2. The summed E-state index contributed by atoms with van der Waals surface area (Å²) >= 11 is 0. The van der Waals surface area contributed by atoms with Gasteiger partial charge >= 0.3 is 0 Å². The van der Waals surface area contributed by atoms with Crippen molar-refractivity contribution < 1.29 is 9.13 Å². The maximum absolute atomic E-state index is 14.1. The Kier molecular flexibility index (Phi) is 4.22. The van der Waals surface area contributed by atoms with Gasteiger partial charge in [0, 0.05) is 30.9 Å². The van der Waals surface area contributed by atoms with Gasteiger partial charge in [-0.2, -0.15) is 0 Å². The lowest BCUT2D eigenvalue weighted by Gasteiger charge is -2.35. The van der Waals surface area contributed by atoms with Crippen LogP contribution in [0.15, 0.2) is 18.2 Å². The SMILES string of the molecule is CCCNCc1c(F)cccc1N1CC2CCC(C1)O2. The van der Waals surface area contributed by atoms with Crippen molar-refractivity contribution in [1.82, 2.24) is 5.32 Å². The van der Waals surface area contributed by atoms with E-state index in [1.54, 1.807) is 6.07 Å². The molecule has 0 spiro atoms. The second kappa shape index (κ2) is 6.10. The van der Waals surface area contributed by atoms with Crippen LogP contribution in [0.3, 0.4) is 0 Å². The largest absolute Gasteiger partial charge is 0.371 e. The van der Waals surface area contributed by atoms with Crippen LogP contribution in [-0.2, 0) is 11.3 Å². The van der Waals surface area contributed by atoms with Crippen LogP contribution in [0.5, 0.6) is 0 Å². The zero-order valence-electron chi connectivity index (χ0n) is 12.1. The summed E-state index contributed by atoms with van der Waals surface area (Å²) in [5, 5.41) is 3.31. The van der Waals surface area contributed by atoms with Crippen LogP contribution in [0.4, 0.5) is 10.1 Å². The number of nitrogens with zero attached hydrogens (tertiary/aromatic N) is 1. The molecule has 1 aromatic rings. The quantitative estimate of drug-likeness (QED) is 0.838. The Morgan fingerprint density at radius 2 is 2.05 bits per heavy atom. The van der Waals surface area contributed by atoms with Crippen LogP contribution in [0.2, 0.25) is 0 Å². The molecule has 2 aliphatic heterocycles. The van der Waals surface area contributed by atoms with Crippen molar-refractivity contribution in [3.05, 3.63) is 29.6 Å². The molecule has 3 nitrogen and oxygen atoms in total. The van der Waals surface area contributed by atoms with Gasteiger partial charge < -0.3 is 15.0 Å². The molecule has 2 atom stereocenters. The van der Waals surface area contributed by atoms with E-state index in [9.17, 15) is 4.39 Å². The molecule has 3 rings (SSSR count). The summed E-state index contributed by atoms with van der Waals surface area (Å²) in [4.78, 5) is 2.30. The molecule has 0 amide bonds. The highest BCUT2D eigenvalue weighted by molar-refractivity contribution is 5.55. The zero-order valence-corrected chi connectivity index (χ0v) is 12.1. The Morgan fingerprint density at radius 3 is 2.75 bits per heavy atom. The minimum Gasteiger partial charge on any atom is -0.371 e. The topological polar surface area (TPSA) is 24.5 Å². The van der Waals surface area contributed by atoms with Crippen molar-refractivity contribution in [2.45, 2.75) is 44.9 Å². The summed E-state index contributed by atoms with van der Waals surface area (Å²) in [6, 6.07) is 5.41. The van der Waals surface area contributed by atoms with Crippen LogP contribution in [-0.4, -0.2) is 31.8 Å². The van der Waals surface area contributed by atoms with Crippen LogP contribution < -0.4 is 10.2 Å². The highest BCUT2D eigenvalue weighted by Crippen LogP contribution is 2.32. The van der Waals surface area contributed by atoms with Gasteiger partial charge in [0.1, 0.15) is 5.82 Å². The fourth-order valence-corrected chi connectivity index (χ4v) is 3.22. The van der Waals surface area contributed by atoms with E-state index < -0.39 is 0 Å². The van der Waals surface area contributed by atoms with Crippen molar-refractivity contribution in [1.29, 1.82) is 0 Å². The lowest BCUT2D eigenvalue weighted by atomic mass is 10.1. The molecule has 0 aliphatic carbocycles. The number of hydrogen-bond acceptors (Lipinski definition) is 3. The molecule has 110 valence electrons. The van der Waals surface area contributed by atoms with Crippen molar-refractivity contribution in [3.63, 3.8) is 0 Å². The minimum absolute atomic E-state index is 0.107. The third-order valence-electron chi connectivity index (χ3n) is 4.21. The van der Waals surface area contributed by atoms with Gasteiger partial charge in [0.2, 0.25) is 0 Å². The molecule has 2 heterocycles. The molecule has 4 heteroatoms. The molecule has 2 fully saturated rings. The van der Waals surface area contributed by atoms with Crippen LogP contribution >= 0.6 is 0 Å². The molecule has 0 aromatic heterocycles. The predicted octanol–water partition coefficient (Wildman–Crippen LogP) is 2.69. The first-order valence-electron chi connectivity index (χ1n) is 7.66. The molecule has 2 unspecified atom stereocenters. The summed E-state index contributed by atoms with van der Waals surface area (Å²) < 4.78 is 20.0. The lowest BCUT2D eigenvalue weighted by molar-refractivity contribution is 0.0304. The van der Waals surface area contributed by atoms with Gasteiger partial charge in [0.05, 0.1) is 12.2 Å². The third-order valence-corrected chi connectivity index (χ3v) is 4.21. The van der Waals surface area contributed by atoms with Gasteiger partial charge in [-0.3, -0.25) is 0 Å². The van der Waals surface area contributed by atoms with Gasteiger partial charge in [-0.1, -0.05) is 13.0 Å². The third kappa shape index (κ3) is 2.81. The Balaban J connectivity index is 1.79. The smallest absolute Gasteiger partial charge is 0.129 e. The second-order valence-corrected chi connectivity index (χ2v) is 5.78. The van der Waals surface area contributed by atoms with E-state index in [0.717, 1.165) is 50.1 Å². The van der Waals surface area contributed by atoms with E-state index in [1.807, 2.05) is 12.1 Å². The van der Waals surface area contributed by atoms with Gasteiger partial charge in [-0.05, 0) is 37.9 Å². The molecular weight excluding hydrogens is 255 g/mol. The maximum atomic E-state index is 14.1. The molecule has 2 saturated heterocycles. The van der Waals surface area contributed by atoms with Crippen molar-refractivity contribution in [2.75, 3.05) is 24.5 Å². The molecule has 2 aliphatic rings. The number of ether oxygens (including phenoxy) is 1. The zero-order chi connectivity index (χ0) is 13.9. The number of nitrogens with one attached hydrogen (secondary N) is 1. The maximum Gasteiger partial charge on any atom is 0.129 e. The molecular formula is C16H23FN2O. The van der Waals surface area contributed by atoms with Crippen LogP contribution in [0.1, 0.15) is 31.7 Å². The first-order valence-corrected chi connectivity index (χ1v) is 7.66. The number of rotatable bonds is 5. The van der Waals surface area contributed by atoms with Crippen molar-refractivity contribution in [3.8, 4) is 0 Å². The Bertz CT molecular complexity index is 454. The van der Waals surface area contributed by atoms with Crippen LogP contribution in [0.25, 0.3) is 0 Å². The van der Waals surface area contributed by atoms with Crippen molar-refractivity contribution in [2.24, 2.45) is 0 Å². The first-order chi connectivity index (χ1) is 9.78. The number of hydrogen-bond donors (Lipinski definition) is 1. The molecule has 1 aromatic carbocycles. The highest BCUT2D eigenvalue weighted by atomic mass is 19.1. The lowest BCUT2D eigenvalue weighted by Crippen LogP contribution is -2.43. The molecule has 0 saturated carbocycles. The second-order valence-electron chi connectivity index (χ2n) is 5.78. The first kappa shape index (κ1) is 13.8. The predicted molar refractivity (Wildman–Crippen MR) is 78.5 cm³/mol. The Labute approximate surface area is 120 Å². The van der Waals surface area contributed by atoms with Crippen molar-refractivity contribution >= 4 is 5.69 Å². The van der Waals surface area contributed by atoms with Gasteiger partial charge in [-0.15, -0.1) is 0 Å². The summed E-state index contributed by atoms with van der Waals surface area (Å²) in [6.07, 6.45) is 3.99. The molecule has 20 heavy (non-hydrogen) atoms. The van der Waals surface area contributed by atoms with E-state index in [0.29, 0.717) is 18.8 Å². The van der Waals surface area contributed by atoms with E-state index in [1.165, 1.54) is 0 Å². The summed E-state index contributed by atoms with van der Waals surface area (Å²) in [5.74, 6) is -0.107. The number of morpholine rings is 1. The summed E-state index contributed by atoms with van der Waals surface area (Å²) in [6.45, 7) is 5.42. The highest BCUT2D eigenvalue weighted by Gasteiger charge is 2.34. The molecule has 1 N–H and O–H groups in total. The number of benzene rings is 1. The Morgan fingerprint density at radius 1 is 1.30 bits per heavy atom. The summed E-state index contributed by atoms with van der Waals surface area (Å²) in [7, 11) is 0. The standard InChI is InChI=1S/C16H23FN2O/c1-2-8-18-9-14-15(17)4-3-5-16(14)19-10-12-6-7-13(11-19)20-12/h3-5,12-13,18H,2,6-11H2,1H3. The van der Waals surface area contributed by atoms with Gasteiger partial charge in [0.15, 0.2) is 0 Å². The Hall–Kier alpha value is -1.13.